The van der Waals surface area contributed by atoms with Crippen LogP contribution in [0.2, 0.25) is 0 Å². The van der Waals surface area contributed by atoms with E-state index in [1.165, 1.54) is 0 Å². The Morgan fingerprint density at radius 3 is 2.07 bits per heavy atom. The summed E-state index contributed by atoms with van der Waals surface area (Å²) in [7, 11) is 5.16. The normalized spacial score (nSPS) is 11.1. The highest BCUT2D eigenvalue weighted by Crippen LogP contribution is 2.32. The van der Waals surface area contributed by atoms with Crippen molar-refractivity contribution in [2.75, 3.05) is 21.2 Å². The predicted octanol–water partition coefficient (Wildman–Crippen LogP) is 4.99. The van der Waals surface area contributed by atoms with Crippen LogP contribution in [0.4, 0.5) is 0 Å². The van der Waals surface area contributed by atoms with Crippen molar-refractivity contribution < 1.29 is 9.53 Å². The summed E-state index contributed by atoms with van der Waals surface area (Å²) >= 11 is 0. The van der Waals surface area contributed by atoms with Gasteiger partial charge in [0.2, 0.25) is 0 Å². The fourth-order valence-electron chi connectivity index (χ4n) is 2.95. The van der Waals surface area contributed by atoms with Crippen LogP contribution >= 0.6 is 0 Å². The third-order valence-corrected chi connectivity index (χ3v) is 4.35. The third-order valence-electron chi connectivity index (χ3n) is 4.35. The average molecular weight is 357 g/mol. The minimum Gasteiger partial charge on any atom is -0.497 e. The molecule has 0 fully saturated rings. The van der Waals surface area contributed by atoms with E-state index >= 15 is 0 Å². The second kappa shape index (κ2) is 8.37. The fraction of sp³-hybridized carbons (Fsp3) is 0.125. The van der Waals surface area contributed by atoms with Crippen molar-refractivity contribution >= 4 is 17.6 Å². The summed E-state index contributed by atoms with van der Waals surface area (Å²) in [5.74, 6) is 0.678. The molecule has 0 aliphatic heterocycles. The summed E-state index contributed by atoms with van der Waals surface area (Å²) in [5.41, 5.74) is 4.59. The van der Waals surface area contributed by atoms with E-state index in [-0.39, 0.29) is 5.91 Å². The number of benzene rings is 3. The van der Waals surface area contributed by atoms with Gasteiger partial charge >= 0.3 is 0 Å². The van der Waals surface area contributed by atoms with Gasteiger partial charge in [0, 0.05) is 19.7 Å². The zero-order valence-corrected chi connectivity index (χ0v) is 15.8. The van der Waals surface area contributed by atoms with E-state index in [4.69, 9.17) is 4.74 Å². The molecule has 136 valence electrons. The molecule has 3 aromatic carbocycles. The van der Waals surface area contributed by atoms with Crippen LogP contribution in [-0.2, 0) is 0 Å². The second-order valence-corrected chi connectivity index (χ2v) is 6.45. The van der Waals surface area contributed by atoms with Crippen molar-refractivity contribution in [1.82, 2.24) is 4.90 Å². The van der Waals surface area contributed by atoms with E-state index in [0.717, 1.165) is 28.0 Å². The van der Waals surface area contributed by atoms with Gasteiger partial charge in [-0.2, -0.15) is 0 Å². The lowest BCUT2D eigenvalue weighted by Gasteiger charge is -2.18. The molecule has 0 heterocycles. The topological polar surface area (TPSA) is 29.5 Å². The lowest BCUT2D eigenvalue weighted by atomic mass is 9.91. The largest absolute Gasteiger partial charge is 0.497 e. The molecule has 0 radical (unpaired) electrons. The number of hydrogen-bond acceptors (Lipinski definition) is 2. The number of nitrogens with zero attached hydrogens (tertiary/aromatic N) is 1. The van der Waals surface area contributed by atoms with Crippen molar-refractivity contribution in [3.8, 4) is 5.75 Å². The molecule has 0 spiro atoms. The van der Waals surface area contributed by atoms with Gasteiger partial charge in [-0.3, -0.25) is 4.79 Å². The zero-order chi connectivity index (χ0) is 19.2. The third kappa shape index (κ3) is 4.26. The Labute approximate surface area is 160 Å². The molecule has 0 aliphatic rings. The van der Waals surface area contributed by atoms with Gasteiger partial charge in [0.25, 0.3) is 5.91 Å². The Balaban J connectivity index is 2.26. The molecule has 0 N–H and O–H groups in total. The SMILES string of the molecule is COc1ccc(C(=O)N(C)C)c(/C(=C/c2ccccc2)c2ccccc2)c1. The monoisotopic (exact) mass is 357 g/mol. The Morgan fingerprint density at radius 1 is 0.852 bits per heavy atom. The van der Waals surface area contributed by atoms with Crippen LogP contribution in [0, 0.1) is 0 Å². The van der Waals surface area contributed by atoms with Crippen molar-refractivity contribution in [3.05, 3.63) is 101 Å². The van der Waals surface area contributed by atoms with Gasteiger partial charge in [0.05, 0.1) is 7.11 Å². The molecule has 3 rings (SSSR count). The van der Waals surface area contributed by atoms with Gasteiger partial charge in [0.15, 0.2) is 0 Å². The van der Waals surface area contributed by atoms with E-state index in [0.29, 0.717) is 5.56 Å². The fourth-order valence-corrected chi connectivity index (χ4v) is 2.95. The molecular formula is C24H23NO2. The lowest BCUT2D eigenvalue weighted by Crippen LogP contribution is -2.23. The Morgan fingerprint density at radius 2 is 1.48 bits per heavy atom. The highest BCUT2D eigenvalue weighted by molar-refractivity contribution is 6.04. The lowest BCUT2D eigenvalue weighted by molar-refractivity contribution is 0.0827. The molecule has 27 heavy (non-hydrogen) atoms. The van der Waals surface area contributed by atoms with Crippen molar-refractivity contribution in [2.45, 2.75) is 0 Å². The van der Waals surface area contributed by atoms with Gasteiger partial charge < -0.3 is 9.64 Å². The Kier molecular flexibility index (Phi) is 5.72. The summed E-state index contributed by atoms with van der Waals surface area (Å²) in [4.78, 5) is 14.4. The molecule has 0 atom stereocenters. The van der Waals surface area contributed by atoms with Gasteiger partial charge in [-0.05, 0) is 46.5 Å². The van der Waals surface area contributed by atoms with Gasteiger partial charge in [-0.15, -0.1) is 0 Å². The average Bonchev–Trinajstić information content (AvgIpc) is 2.72. The highest BCUT2D eigenvalue weighted by Gasteiger charge is 2.18. The minimum absolute atomic E-state index is 0.0393. The number of ether oxygens (including phenoxy) is 1. The van der Waals surface area contributed by atoms with E-state index in [2.05, 4.69) is 30.3 Å². The maximum atomic E-state index is 12.8. The standard InChI is InChI=1S/C24H23NO2/c1-25(2)24(26)21-15-14-20(27-3)17-23(21)22(19-12-8-5-9-13-19)16-18-10-6-4-7-11-18/h4-17H,1-3H3/b22-16+. The van der Waals surface area contributed by atoms with E-state index < -0.39 is 0 Å². The van der Waals surface area contributed by atoms with Gasteiger partial charge in [-0.1, -0.05) is 60.7 Å². The number of methoxy groups -OCH3 is 1. The number of hydrogen-bond donors (Lipinski definition) is 0. The summed E-state index contributed by atoms with van der Waals surface area (Å²) in [6, 6.07) is 25.8. The number of carbonyl (C=O) groups excluding carboxylic acids is 1. The first-order chi connectivity index (χ1) is 13.1. The smallest absolute Gasteiger partial charge is 0.253 e. The molecule has 0 saturated carbocycles. The van der Waals surface area contributed by atoms with Crippen LogP contribution < -0.4 is 4.74 Å². The molecule has 3 heteroatoms. The maximum Gasteiger partial charge on any atom is 0.253 e. The van der Waals surface area contributed by atoms with Crippen molar-refractivity contribution in [2.24, 2.45) is 0 Å². The van der Waals surface area contributed by atoms with E-state index in [1.807, 2.05) is 54.6 Å². The van der Waals surface area contributed by atoms with Crippen LogP contribution in [0.5, 0.6) is 5.75 Å². The molecule has 3 aromatic rings. The van der Waals surface area contributed by atoms with Crippen molar-refractivity contribution in [1.29, 1.82) is 0 Å². The Bertz CT molecular complexity index is 945. The maximum absolute atomic E-state index is 12.8. The van der Waals surface area contributed by atoms with E-state index in [1.54, 1.807) is 26.1 Å². The summed E-state index contributed by atoms with van der Waals surface area (Å²) in [6.45, 7) is 0. The molecule has 3 nitrogen and oxygen atoms in total. The molecule has 0 aromatic heterocycles. The van der Waals surface area contributed by atoms with Crippen LogP contribution in [0.25, 0.3) is 11.6 Å². The molecule has 0 aliphatic carbocycles. The first kappa shape index (κ1) is 18.5. The molecule has 0 bridgehead atoms. The summed E-state index contributed by atoms with van der Waals surface area (Å²) < 4.78 is 5.43. The van der Waals surface area contributed by atoms with Crippen LogP contribution in [0.15, 0.2) is 78.9 Å². The summed E-state index contributed by atoms with van der Waals surface area (Å²) in [6.07, 6.45) is 2.11. The number of rotatable bonds is 5. The van der Waals surface area contributed by atoms with Gasteiger partial charge in [-0.25, -0.2) is 0 Å². The first-order valence-corrected chi connectivity index (χ1v) is 8.82. The second-order valence-electron chi connectivity index (χ2n) is 6.45. The van der Waals surface area contributed by atoms with E-state index in [9.17, 15) is 4.79 Å². The highest BCUT2D eigenvalue weighted by atomic mass is 16.5. The number of amides is 1. The molecule has 0 unspecified atom stereocenters. The molecule has 1 amide bonds. The summed E-state index contributed by atoms with van der Waals surface area (Å²) in [5, 5.41) is 0. The molecular weight excluding hydrogens is 334 g/mol. The Hall–Kier alpha value is -3.33. The van der Waals surface area contributed by atoms with Crippen LogP contribution in [-0.4, -0.2) is 32.0 Å². The van der Waals surface area contributed by atoms with Gasteiger partial charge in [0.1, 0.15) is 5.75 Å². The minimum atomic E-state index is -0.0393. The van der Waals surface area contributed by atoms with Crippen LogP contribution in [0.1, 0.15) is 27.0 Å². The van der Waals surface area contributed by atoms with Crippen LogP contribution in [0.3, 0.4) is 0 Å². The quantitative estimate of drug-likeness (QED) is 0.602. The zero-order valence-electron chi connectivity index (χ0n) is 15.8. The first-order valence-electron chi connectivity index (χ1n) is 8.82. The number of carbonyl (C=O) groups is 1. The van der Waals surface area contributed by atoms with Crippen molar-refractivity contribution in [3.63, 3.8) is 0 Å². The predicted molar refractivity (Wildman–Crippen MR) is 111 cm³/mol. The molecule has 0 saturated heterocycles.